The van der Waals surface area contributed by atoms with E-state index < -0.39 is 0 Å². The molecule has 0 bridgehead atoms. The van der Waals surface area contributed by atoms with Crippen LogP contribution in [-0.2, 0) is 0 Å². The minimum atomic E-state index is 0.448. The Hall–Kier alpha value is -1.90. The maximum Gasteiger partial charge on any atom is 0.146 e. The molecule has 0 radical (unpaired) electrons. The number of aryl methyl sites for hydroxylation is 2. The Labute approximate surface area is 89.0 Å². The van der Waals surface area contributed by atoms with Crippen LogP contribution in [0.2, 0.25) is 0 Å². The van der Waals surface area contributed by atoms with Gasteiger partial charge in [0.1, 0.15) is 5.82 Å². The molecule has 15 heavy (non-hydrogen) atoms. The number of nitrogens with zero attached hydrogens (tertiary/aromatic N) is 2. The second kappa shape index (κ2) is 3.69. The quantitative estimate of drug-likeness (QED) is 0.767. The molecule has 0 atom stereocenters. The van der Waals surface area contributed by atoms with Crippen LogP contribution in [0.15, 0.2) is 30.3 Å². The maximum absolute atomic E-state index is 5.50. The van der Waals surface area contributed by atoms with Crippen LogP contribution in [0.4, 0.5) is 5.82 Å². The lowest BCUT2D eigenvalue weighted by molar-refractivity contribution is 1.05. The van der Waals surface area contributed by atoms with Gasteiger partial charge >= 0.3 is 0 Å². The first kappa shape index (κ1) is 9.65. The number of benzene rings is 1. The van der Waals surface area contributed by atoms with Crippen LogP contribution in [0.5, 0.6) is 0 Å². The van der Waals surface area contributed by atoms with Crippen molar-refractivity contribution in [3.8, 4) is 11.3 Å². The summed E-state index contributed by atoms with van der Waals surface area (Å²) in [4.78, 5) is 0. The van der Waals surface area contributed by atoms with Gasteiger partial charge in [-0.05, 0) is 37.6 Å². The van der Waals surface area contributed by atoms with Crippen LogP contribution in [0, 0.1) is 13.8 Å². The average Bonchev–Trinajstić information content (AvgIpc) is 2.23. The first-order chi connectivity index (χ1) is 7.16. The van der Waals surface area contributed by atoms with E-state index in [4.69, 9.17) is 5.73 Å². The summed E-state index contributed by atoms with van der Waals surface area (Å²) in [6.45, 7) is 4.13. The van der Waals surface area contributed by atoms with Crippen molar-refractivity contribution in [2.45, 2.75) is 13.8 Å². The molecule has 0 fully saturated rings. The molecular weight excluding hydrogens is 186 g/mol. The lowest BCUT2D eigenvalue weighted by Crippen LogP contribution is -1.95. The summed E-state index contributed by atoms with van der Waals surface area (Å²) in [5.74, 6) is 0.448. The Morgan fingerprint density at radius 3 is 2.47 bits per heavy atom. The average molecular weight is 199 g/mol. The van der Waals surface area contributed by atoms with Crippen LogP contribution in [0.3, 0.4) is 0 Å². The van der Waals surface area contributed by atoms with Gasteiger partial charge in [0.2, 0.25) is 0 Å². The summed E-state index contributed by atoms with van der Waals surface area (Å²) >= 11 is 0. The van der Waals surface area contributed by atoms with Gasteiger partial charge in [0.05, 0.1) is 5.69 Å². The third-order valence-corrected chi connectivity index (χ3v) is 2.35. The number of anilines is 1. The molecule has 3 heteroatoms. The molecule has 2 rings (SSSR count). The zero-order chi connectivity index (χ0) is 10.8. The highest BCUT2D eigenvalue weighted by Gasteiger charge is 2.03. The van der Waals surface area contributed by atoms with E-state index >= 15 is 0 Å². The van der Waals surface area contributed by atoms with Gasteiger partial charge in [-0.25, -0.2) is 0 Å². The summed E-state index contributed by atoms with van der Waals surface area (Å²) < 4.78 is 0. The summed E-state index contributed by atoms with van der Waals surface area (Å²) in [5.41, 5.74) is 9.89. The summed E-state index contributed by atoms with van der Waals surface area (Å²) in [6, 6.07) is 9.94. The van der Waals surface area contributed by atoms with Crippen molar-refractivity contribution in [1.29, 1.82) is 0 Å². The van der Waals surface area contributed by atoms with Crippen molar-refractivity contribution in [2.24, 2.45) is 0 Å². The van der Waals surface area contributed by atoms with E-state index in [0.29, 0.717) is 5.82 Å². The molecule has 0 saturated carbocycles. The highest BCUT2D eigenvalue weighted by molar-refractivity contribution is 5.64. The van der Waals surface area contributed by atoms with Crippen molar-refractivity contribution < 1.29 is 0 Å². The van der Waals surface area contributed by atoms with Gasteiger partial charge in [0.25, 0.3) is 0 Å². The molecule has 0 aliphatic heterocycles. The molecule has 0 unspecified atom stereocenters. The lowest BCUT2D eigenvalue weighted by atomic mass is 10.0. The number of aromatic nitrogens is 2. The Morgan fingerprint density at radius 2 is 1.80 bits per heavy atom. The smallest absolute Gasteiger partial charge is 0.146 e. The van der Waals surface area contributed by atoms with Gasteiger partial charge in [-0.2, -0.15) is 0 Å². The van der Waals surface area contributed by atoms with Crippen LogP contribution >= 0.6 is 0 Å². The van der Waals surface area contributed by atoms with Gasteiger partial charge in [-0.3, -0.25) is 0 Å². The fourth-order valence-electron chi connectivity index (χ4n) is 1.50. The predicted octanol–water partition coefficient (Wildman–Crippen LogP) is 2.34. The predicted molar refractivity (Wildman–Crippen MR) is 61.4 cm³/mol. The summed E-state index contributed by atoms with van der Waals surface area (Å²) in [5, 5.41) is 7.93. The van der Waals surface area contributed by atoms with Gasteiger partial charge in [-0.1, -0.05) is 17.7 Å². The molecule has 2 aromatic rings. The van der Waals surface area contributed by atoms with Crippen molar-refractivity contribution in [3.05, 3.63) is 41.5 Å². The monoisotopic (exact) mass is 199 g/mol. The second-order valence-corrected chi connectivity index (χ2v) is 3.66. The highest BCUT2D eigenvalue weighted by atomic mass is 15.1. The number of nitrogens with two attached hydrogens (primary N) is 1. The van der Waals surface area contributed by atoms with Crippen molar-refractivity contribution >= 4 is 5.82 Å². The van der Waals surface area contributed by atoms with E-state index in [2.05, 4.69) is 42.2 Å². The Bertz CT molecular complexity index is 475. The molecule has 0 saturated heterocycles. The molecule has 1 aromatic heterocycles. The minimum Gasteiger partial charge on any atom is -0.382 e. The van der Waals surface area contributed by atoms with Gasteiger partial charge in [0.15, 0.2) is 0 Å². The van der Waals surface area contributed by atoms with Gasteiger partial charge < -0.3 is 5.73 Å². The topological polar surface area (TPSA) is 51.8 Å². The first-order valence-electron chi connectivity index (χ1n) is 4.83. The van der Waals surface area contributed by atoms with Crippen molar-refractivity contribution in [1.82, 2.24) is 10.2 Å². The standard InChI is InChI=1S/C12H13N3/c1-8-3-4-9(2)10(7-8)11-5-6-12(13)15-14-11/h3-7H,1-2H3,(H2,13,15). The highest BCUT2D eigenvalue weighted by Crippen LogP contribution is 2.22. The normalized spacial score (nSPS) is 10.3. The molecule has 1 aromatic carbocycles. The van der Waals surface area contributed by atoms with E-state index in [0.717, 1.165) is 11.3 Å². The number of hydrogen-bond donors (Lipinski definition) is 1. The molecule has 76 valence electrons. The van der Waals surface area contributed by atoms with Crippen LogP contribution in [0.1, 0.15) is 11.1 Å². The number of nitrogen functional groups attached to an aromatic ring is 1. The van der Waals surface area contributed by atoms with Crippen LogP contribution in [0.25, 0.3) is 11.3 Å². The summed E-state index contributed by atoms with van der Waals surface area (Å²) in [6.07, 6.45) is 0. The molecule has 0 aliphatic rings. The molecule has 2 N–H and O–H groups in total. The molecular formula is C12H13N3. The SMILES string of the molecule is Cc1ccc(C)c(-c2ccc(N)nn2)c1. The first-order valence-corrected chi connectivity index (χ1v) is 4.83. The Kier molecular flexibility index (Phi) is 2.37. The van der Waals surface area contributed by atoms with E-state index in [1.807, 2.05) is 6.07 Å². The zero-order valence-electron chi connectivity index (χ0n) is 8.86. The minimum absolute atomic E-state index is 0.448. The van der Waals surface area contributed by atoms with Crippen LogP contribution < -0.4 is 5.73 Å². The van der Waals surface area contributed by atoms with E-state index in [1.54, 1.807) is 6.07 Å². The Balaban J connectivity index is 2.53. The third kappa shape index (κ3) is 1.96. The molecule has 0 aliphatic carbocycles. The zero-order valence-corrected chi connectivity index (χ0v) is 8.86. The molecule has 3 nitrogen and oxygen atoms in total. The second-order valence-electron chi connectivity index (χ2n) is 3.66. The third-order valence-electron chi connectivity index (χ3n) is 2.35. The van der Waals surface area contributed by atoms with E-state index in [-0.39, 0.29) is 0 Å². The number of rotatable bonds is 1. The Morgan fingerprint density at radius 1 is 1.00 bits per heavy atom. The largest absolute Gasteiger partial charge is 0.382 e. The van der Waals surface area contributed by atoms with Crippen molar-refractivity contribution in [3.63, 3.8) is 0 Å². The fourth-order valence-corrected chi connectivity index (χ4v) is 1.50. The molecule has 1 heterocycles. The van der Waals surface area contributed by atoms with E-state index in [1.165, 1.54) is 11.1 Å². The maximum atomic E-state index is 5.50. The van der Waals surface area contributed by atoms with Crippen LogP contribution in [-0.4, -0.2) is 10.2 Å². The van der Waals surface area contributed by atoms with Crippen molar-refractivity contribution in [2.75, 3.05) is 5.73 Å². The lowest BCUT2D eigenvalue weighted by Gasteiger charge is -2.05. The van der Waals surface area contributed by atoms with Gasteiger partial charge in [-0.15, -0.1) is 10.2 Å². The fraction of sp³-hybridized carbons (Fsp3) is 0.167. The number of hydrogen-bond acceptors (Lipinski definition) is 3. The van der Waals surface area contributed by atoms with E-state index in [9.17, 15) is 0 Å². The van der Waals surface area contributed by atoms with Gasteiger partial charge in [0, 0.05) is 5.56 Å². The molecule has 0 spiro atoms. The summed E-state index contributed by atoms with van der Waals surface area (Å²) in [7, 11) is 0. The molecule has 0 amide bonds.